The van der Waals surface area contributed by atoms with Crippen LogP contribution in [0.1, 0.15) is 44.2 Å². The van der Waals surface area contributed by atoms with Gasteiger partial charge in [0.2, 0.25) is 0 Å². The second kappa shape index (κ2) is 6.90. The van der Waals surface area contributed by atoms with Crippen LogP contribution in [0.25, 0.3) is 0 Å². The van der Waals surface area contributed by atoms with Crippen molar-refractivity contribution in [3.63, 3.8) is 0 Å². The van der Waals surface area contributed by atoms with Crippen molar-refractivity contribution in [1.82, 2.24) is 14.9 Å². The van der Waals surface area contributed by atoms with Gasteiger partial charge in [-0.3, -0.25) is 0 Å². The molecule has 3 rings (SSSR count). The lowest BCUT2D eigenvalue weighted by Gasteiger charge is -2.26. The highest BCUT2D eigenvalue weighted by atomic mass is 15.1. The number of aryl methyl sites for hydroxylation is 1. The molecule has 0 aliphatic heterocycles. The molecule has 21 heavy (non-hydrogen) atoms. The molecular formula is C18H25N3. The molecule has 0 radical (unpaired) electrons. The molecule has 1 fully saturated rings. The van der Waals surface area contributed by atoms with E-state index >= 15 is 0 Å². The molecule has 1 aromatic carbocycles. The molecule has 3 atom stereocenters. The van der Waals surface area contributed by atoms with Crippen LogP contribution in [0.3, 0.4) is 0 Å². The van der Waals surface area contributed by atoms with E-state index in [1.165, 1.54) is 31.2 Å². The summed E-state index contributed by atoms with van der Waals surface area (Å²) < 4.78 is 2.27. The Kier molecular flexibility index (Phi) is 4.71. The summed E-state index contributed by atoms with van der Waals surface area (Å²) in [5, 5.41) is 3.84. The van der Waals surface area contributed by atoms with Crippen molar-refractivity contribution in [1.29, 1.82) is 0 Å². The van der Waals surface area contributed by atoms with E-state index in [0.717, 1.165) is 6.42 Å². The third-order valence-corrected chi connectivity index (χ3v) is 4.59. The molecule has 1 saturated carbocycles. The predicted molar refractivity (Wildman–Crippen MR) is 86.3 cm³/mol. The fraction of sp³-hybridized carbons (Fsp3) is 0.500. The highest BCUT2D eigenvalue weighted by Crippen LogP contribution is 2.30. The van der Waals surface area contributed by atoms with Crippen molar-refractivity contribution in [2.24, 2.45) is 0 Å². The topological polar surface area (TPSA) is 29.9 Å². The summed E-state index contributed by atoms with van der Waals surface area (Å²) in [6, 6.07) is 12.5. The standard InChI is InChI=1S/C18H25N3/c1-15(10-11-16-6-3-2-4-7-16)20-17-8-5-9-18(17)21-13-12-19-14-21/h2-4,6-7,12-15,17-18,20H,5,8-11H2,1H3. The lowest BCUT2D eigenvalue weighted by molar-refractivity contribution is 0.351. The van der Waals surface area contributed by atoms with Crippen LogP contribution in [-0.4, -0.2) is 21.6 Å². The number of aromatic nitrogens is 2. The van der Waals surface area contributed by atoms with Gasteiger partial charge in [0.05, 0.1) is 6.33 Å². The molecule has 1 aromatic heterocycles. The molecule has 1 heterocycles. The third-order valence-electron chi connectivity index (χ3n) is 4.59. The molecule has 0 saturated heterocycles. The molecule has 1 aliphatic rings. The van der Waals surface area contributed by atoms with Crippen molar-refractivity contribution in [2.75, 3.05) is 0 Å². The highest BCUT2D eigenvalue weighted by molar-refractivity contribution is 5.14. The largest absolute Gasteiger partial charge is 0.333 e. The SMILES string of the molecule is CC(CCc1ccccc1)NC1CCCC1n1ccnc1. The van der Waals surface area contributed by atoms with Crippen molar-refractivity contribution in [3.05, 3.63) is 54.6 Å². The predicted octanol–water partition coefficient (Wildman–Crippen LogP) is 3.59. The van der Waals surface area contributed by atoms with E-state index in [1.807, 2.05) is 12.5 Å². The van der Waals surface area contributed by atoms with E-state index in [1.54, 1.807) is 0 Å². The van der Waals surface area contributed by atoms with Gasteiger partial charge in [-0.1, -0.05) is 30.3 Å². The van der Waals surface area contributed by atoms with Gasteiger partial charge in [-0.2, -0.15) is 0 Å². The van der Waals surface area contributed by atoms with Crippen LogP contribution in [-0.2, 0) is 6.42 Å². The van der Waals surface area contributed by atoms with Gasteiger partial charge in [0.1, 0.15) is 0 Å². The van der Waals surface area contributed by atoms with Crippen molar-refractivity contribution in [3.8, 4) is 0 Å². The number of hydrogen-bond acceptors (Lipinski definition) is 2. The number of rotatable bonds is 6. The van der Waals surface area contributed by atoms with E-state index < -0.39 is 0 Å². The summed E-state index contributed by atoms with van der Waals surface area (Å²) in [6.07, 6.45) is 12.1. The number of nitrogens with one attached hydrogen (secondary N) is 1. The van der Waals surface area contributed by atoms with Crippen molar-refractivity contribution < 1.29 is 0 Å². The second-order valence-corrected chi connectivity index (χ2v) is 6.21. The molecule has 112 valence electrons. The molecule has 3 heteroatoms. The average molecular weight is 283 g/mol. The van der Waals surface area contributed by atoms with Gasteiger partial charge < -0.3 is 9.88 Å². The van der Waals surface area contributed by atoms with Crippen molar-refractivity contribution in [2.45, 2.75) is 57.2 Å². The quantitative estimate of drug-likeness (QED) is 0.878. The average Bonchev–Trinajstić information content (AvgIpc) is 3.17. The molecule has 0 spiro atoms. The number of imidazole rings is 1. The lowest BCUT2D eigenvalue weighted by Crippen LogP contribution is -2.39. The van der Waals surface area contributed by atoms with Gasteiger partial charge in [0.15, 0.2) is 0 Å². The third kappa shape index (κ3) is 3.73. The Morgan fingerprint density at radius 1 is 1.29 bits per heavy atom. The minimum atomic E-state index is 0.555. The Bertz CT molecular complexity index is 521. The van der Waals surface area contributed by atoms with E-state index in [-0.39, 0.29) is 0 Å². The first kappa shape index (κ1) is 14.3. The smallest absolute Gasteiger partial charge is 0.0949 e. The van der Waals surface area contributed by atoms with E-state index in [2.05, 4.69) is 58.3 Å². The zero-order valence-corrected chi connectivity index (χ0v) is 12.8. The van der Waals surface area contributed by atoms with Crippen LogP contribution in [0.2, 0.25) is 0 Å². The zero-order chi connectivity index (χ0) is 14.5. The molecule has 3 nitrogen and oxygen atoms in total. The molecule has 0 amide bonds. The Hall–Kier alpha value is -1.61. The van der Waals surface area contributed by atoms with Crippen LogP contribution in [0.15, 0.2) is 49.1 Å². The Balaban J connectivity index is 1.51. The van der Waals surface area contributed by atoms with Gasteiger partial charge in [0, 0.05) is 30.5 Å². The maximum absolute atomic E-state index is 4.19. The summed E-state index contributed by atoms with van der Waals surface area (Å²) in [7, 11) is 0. The first-order valence-corrected chi connectivity index (χ1v) is 8.10. The number of nitrogens with zero attached hydrogens (tertiary/aromatic N) is 2. The molecule has 1 N–H and O–H groups in total. The second-order valence-electron chi connectivity index (χ2n) is 6.21. The van der Waals surface area contributed by atoms with E-state index in [9.17, 15) is 0 Å². The van der Waals surface area contributed by atoms with Crippen LogP contribution < -0.4 is 5.32 Å². The molecule has 0 bridgehead atoms. The Labute approximate surface area is 127 Å². The molecule has 1 aliphatic carbocycles. The number of hydrogen-bond donors (Lipinski definition) is 1. The minimum Gasteiger partial charge on any atom is -0.333 e. The summed E-state index contributed by atoms with van der Waals surface area (Å²) >= 11 is 0. The van der Waals surface area contributed by atoms with Crippen molar-refractivity contribution >= 4 is 0 Å². The van der Waals surface area contributed by atoms with Gasteiger partial charge in [-0.15, -0.1) is 0 Å². The summed E-state index contributed by atoms with van der Waals surface area (Å²) in [4.78, 5) is 4.19. The highest BCUT2D eigenvalue weighted by Gasteiger charge is 2.28. The summed E-state index contributed by atoms with van der Waals surface area (Å²) in [5.41, 5.74) is 1.43. The number of benzene rings is 1. The van der Waals surface area contributed by atoms with Crippen LogP contribution >= 0.6 is 0 Å². The van der Waals surface area contributed by atoms with Gasteiger partial charge in [0.25, 0.3) is 0 Å². The first-order chi connectivity index (χ1) is 10.3. The van der Waals surface area contributed by atoms with Crippen LogP contribution in [0.4, 0.5) is 0 Å². The van der Waals surface area contributed by atoms with Gasteiger partial charge >= 0.3 is 0 Å². The minimum absolute atomic E-state index is 0.555. The first-order valence-electron chi connectivity index (χ1n) is 8.10. The molecular weight excluding hydrogens is 258 g/mol. The van der Waals surface area contributed by atoms with E-state index in [0.29, 0.717) is 18.1 Å². The fourth-order valence-corrected chi connectivity index (χ4v) is 3.43. The van der Waals surface area contributed by atoms with Crippen LogP contribution in [0.5, 0.6) is 0 Å². The zero-order valence-electron chi connectivity index (χ0n) is 12.8. The maximum Gasteiger partial charge on any atom is 0.0949 e. The van der Waals surface area contributed by atoms with Gasteiger partial charge in [-0.25, -0.2) is 4.98 Å². The Morgan fingerprint density at radius 3 is 2.90 bits per heavy atom. The summed E-state index contributed by atoms with van der Waals surface area (Å²) in [5.74, 6) is 0. The molecule has 2 aromatic rings. The fourth-order valence-electron chi connectivity index (χ4n) is 3.43. The van der Waals surface area contributed by atoms with E-state index in [4.69, 9.17) is 0 Å². The Morgan fingerprint density at radius 2 is 2.14 bits per heavy atom. The van der Waals surface area contributed by atoms with Crippen LogP contribution in [0, 0.1) is 0 Å². The maximum atomic E-state index is 4.19. The molecule has 3 unspecified atom stereocenters. The lowest BCUT2D eigenvalue weighted by atomic mass is 10.0. The normalized spacial score (nSPS) is 23.3. The van der Waals surface area contributed by atoms with Gasteiger partial charge in [-0.05, 0) is 44.6 Å². The summed E-state index contributed by atoms with van der Waals surface area (Å²) in [6.45, 7) is 2.31. The monoisotopic (exact) mass is 283 g/mol.